The molecule has 0 saturated carbocycles. The fourth-order valence-electron chi connectivity index (χ4n) is 3.28. The topological polar surface area (TPSA) is 129 Å². The van der Waals surface area contributed by atoms with Gasteiger partial charge in [0, 0.05) is 6.54 Å². The lowest BCUT2D eigenvalue weighted by atomic mass is 10.3. The summed E-state index contributed by atoms with van der Waals surface area (Å²) in [4.78, 5) is 21.6. The van der Waals surface area contributed by atoms with E-state index < -0.39 is 10.0 Å². The number of nitrogens with one attached hydrogen (secondary N) is 1. The van der Waals surface area contributed by atoms with Gasteiger partial charge in [-0.3, -0.25) is 4.79 Å². The highest BCUT2D eigenvalue weighted by Gasteiger charge is 2.17. The number of nitrogens with zero attached hydrogens (tertiary/aromatic N) is 3. The van der Waals surface area contributed by atoms with Gasteiger partial charge in [0.05, 0.1) is 39.0 Å². The van der Waals surface area contributed by atoms with Gasteiger partial charge in [-0.15, -0.1) is 0 Å². The quantitative estimate of drug-likeness (QED) is 0.331. The van der Waals surface area contributed by atoms with Gasteiger partial charge in [0.15, 0.2) is 10.3 Å². The Morgan fingerprint density at radius 1 is 1.21 bits per heavy atom. The SMILES string of the molecule is CCCCn1c(SCC(=O)Nc2nc3ccc(OC)cc3s2)nc2cc(S(N)(=O)=O)ccc21. The number of ether oxygens (including phenoxy) is 1. The summed E-state index contributed by atoms with van der Waals surface area (Å²) < 4.78 is 31.6. The lowest BCUT2D eigenvalue weighted by molar-refractivity contribution is -0.113. The lowest BCUT2D eigenvalue weighted by Crippen LogP contribution is -2.14. The summed E-state index contributed by atoms with van der Waals surface area (Å²) in [6.45, 7) is 2.80. The Kier molecular flexibility index (Phi) is 6.88. The fourth-order valence-corrected chi connectivity index (χ4v) is 5.56. The number of unbranched alkanes of at least 4 members (excludes halogenated alkanes) is 1. The Morgan fingerprint density at radius 2 is 2.03 bits per heavy atom. The fraction of sp³-hybridized carbons (Fsp3) is 0.286. The molecular formula is C21H23N5O4S3. The molecule has 4 aromatic rings. The van der Waals surface area contributed by atoms with Gasteiger partial charge in [-0.05, 0) is 42.8 Å². The molecule has 2 aromatic carbocycles. The lowest BCUT2D eigenvalue weighted by Gasteiger charge is -2.08. The van der Waals surface area contributed by atoms with Crippen molar-refractivity contribution in [1.82, 2.24) is 14.5 Å². The van der Waals surface area contributed by atoms with Gasteiger partial charge in [0.25, 0.3) is 0 Å². The molecule has 0 aliphatic carbocycles. The first kappa shape index (κ1) is 23.5. The van der Waals surface area contributed by atoms with Crippen LogP contribution >= 0.6 is 23.1 Å². The number of hydrogen-bond acceptors (Lipinski definition) is 8. The molecule has 12 heteroatoms. The molecule has 4 rings (SSSR count). The maximum Gasteiger partial charge on any atom is 0.238 e. The van der Waals surface area contributed by atoms with Crippen molar-refractivity contribution in [1.29, 1.82) is 0 Å². The second kappa shape index (κ2) is 9.67. The normalized spacial score (nSPS) is 11.8. The minimum absolute atomic E-state index is 0.0110. The van der Waals surface area contributed by atoms with E-state index in [1.165, 1.54) is 35.2 Å². The van der Waals surface area contributed by atoms with Gasteiger partial charge >= 0.3 is 0 Å². The van der Waals surface area contributed by atoms with E-state index in [0.717, 1.165) is 34.3 Å². The number of carbonyl (C=O) groups excluding carboxylic acids is 1. The molecule has 0 radical (unpaired) electrons. The first-order chi connectivity index (χ1) is 15.8. The number of rotatable bonds is 9. The predicted molar refractivity (Wildman–Crippen MR) is 132 cm³/mol. The molecule has 0 atom stereocenters. The summed E-state index contributed by atoms with van der Waals surface area (Å²) >= 11 is 2.67. The van der Waals surface area contributed by atoms with Crippen LogP contribution in [0.25, 0.3) is 21.3 Å². The highest BCUT2D eigenvalue weighted by atomic mass is 32.2. The molecule has 0 spiro atoms. The second-order valence-electron chi connectivity index (χ2n) is 7.28. The van der Waals surface area contributed by atoms with Gasteiger partial charge in [-0.25, -0.2) is 23.5 Å². The van der Waals surface area contributed by atoms with Crippen molar-refractivity contribution < 1.29 is 17.9 Å². The molecule has 1 amide bonds. The third-order valence-electron chi connectivity index (χ3n) is 4.92. The van der Waals surface area contributed by atoms with Crippen molar-refractivity contribution >= 4 is 65.4 Å². The number of anilines is 1. The van der Waals surface area contributed by atoms with E-state index in [9.17, 15) is 13.2 Å². The van der Waals surface area contributed by atoms with E-state index in [-0.39, 0.29) is 16.6 Å². The number of fused-ring (bicyclic) bond motifs is 2. The van der Waals surface area contributed by atoms with Crippen LogP contribution in [0.5, 0.6) is 5.75 Å². The van der Waals surface area contributed by atoms with Crippen molar-refractivity contribution in [2.45, 2.75) is 36.4 Å². The summed E-state index contributed by atoms with van der Waals surface area (Å²) in [5.74, 6) is 0.665. The van der Waals surface area contributed by atoms with Gasteiger partial charge in [0.2, 0.25) is 15.9 Å². The minimum atomic E-state index is -3.82. The van der Waals surface area contributed by atoms with Crippen LogP contribution in [-0.2, 0) is 21.4 Å². The monoisotopic (exact) mass is 505 g/mol. The number of thiazole rings is 1. The number of aromatic nitrogens is 3. The van der Waals surface area contributed by atoms with Crippen molar-refractivity contribution in [3.63, 3.8) is 0 Å². The van der Waals surface area contributed by atoms with Gasteiger partial charge in [-0.2, -0.15) is 0 Å². The Labute approximate surface area is 199 Å². The van der Waals surface area contributed by atoms with Gasteiger partial charge in [0.1, 0.15) is 5.75 Å². The number of benzene rings is 2. The van der Waals surface area contributed by atoms with Crippen molar-refractivity contribution in [2.75, 3.05) is 18.2 Å². The Balaban J connectivity index is 1.52. The van der Waals surface area contributed by atoms with E-state index in [1.54, 1.807) is 13.2 Å². The Bertz CT molecular complexity index is 1430. The molecule has 33 heavy (non-hydrogen) atoms. The number of thioether (sulfide) groups is 1. The Hall–Kier alpha value is -2.67. The maximum atomic E-state index is 12.6. The molecule has 0 bridgehead atoms. The van der Waals surface area contributed by atoms with E-state index in [1.807, 2.05) is 22.8 Å². The number of carbonyl (C=O) groups is 1. The highest BCUT2D eigenvalue weighted by Crippen LogP contribution is 2.30. The molecular weight excluding hydrogens is 482 g/mol. The summed E-state index contributed by atoms with van der Waals surface area (Å²) in [5, 5.41) is 9.26. The molecule has 0 fully saturated rings. The number of amides is 1. The van der Waals surface area contributed by atoms with Crippen molar-refractivity contribution in [3.05, 3.63) is 36.4 Å². The van der Waals surface area contributed by atoms with Crippen LogP contribution in [0.15, 0.2) is 46.5 Å². The zero-order valence-corrected chi connectivity index (χ0v) is 20.5. The average molecular weight is 506 g/mol. The number of sulfonamides is 1. The smallest absolute Gasteiger partial charge is 0.238 e. The molecule has 2 aromatic heterocycles. The predicted octanol–water partition coefficient (Wildman–Crippen LogP) is 3.83. The summed E-state index contributed by atoms with van der Waals surface area (Å²) in [5.41, 5.74) is 2.12. The average Bonchev–Trinajstić information content (AvgIpc) is 3.34. The zero-order chi connectivity index (χ0) is 23.6. The van der Waals surface area contributed by atoms with Crippen LogP contribution in [0.4, 0.5) is 5.13 Å². The van der Waals surface area contributed by atoms with E-state index in [4.69, 9.17) is 9.88 Å². The molecule has 0 unspecified atom stereocenters. The van der Waals surface area contributed by atoms with Crippen LogP contribution in [0.1, 0.15) is 19.8 Å². The molecule has 3 N–H and O–H groups in total. The van der Waals surface area contributed by atoms with Crippen LogP contribution in [-0.4, -0.2) is 41.7 Å². The van der Waals surface area contributed by atoms with E-state index >= 15 is 0 Å². The van der Waals surface area contributed by atoms with Gasteiger partial charge in [-0.1, -0.05) is 36.4 Å². The number of hydrogen-bond donors (Lipinski definition) is 2. The molecule has 0 aliphatic heterocycles. The second-order valence-corrected chi connectivity index (χ2v) is 10.8. The van der Waals surface area contributed by atoms with Crippen molar-refractivity contribution in [2.24, 2.45) is 5.14 Å². The summed E-state index contributed by atoms with van der Waals surface area (Å²) in [7, 11) is -2.22. The van der Waals surface area contributed by atoms with E-state index in [0.29, 0.717) is 22.3 Å². The standard InChI is InChI=1S/C21H23N5O4S3/c1-3-4-9-26-17-8-6-14(33(22,28)29)11-16(17)24-21(26)31-12-19(27)25-20-23-15-7-5-13(30-2)10-18(15)32-20/h5-8,10-11H,3-4,9,12H2,1-2H3,(H2,22,28,29)(H,23,25,27). The number of aryl methyl sites for hydroxylation is 1. The molecule has 0 saturated heterocycles. The van der Waals surface area contributed by atoms with E-state index in [2.05, 4.69) is 22.2 Å². The molecule has 174 valence electrons. The number of methoxy groups -OCH3 is 1. The van der Waals surface area contributed by atoms with Crippen molar-refractivity contribution in [3.8, 4) is 5.75 Å². The molecule has 9 nitrogen and oxygen atoms in total. The molecule has 2 heterocycles. The number of primary sulfonamides is 1. The summed E-state index contributed by atoms with van der Waals surface area (Å²) in [6, 6.07) is 10.2. The van der Waals surface area contributed by atoms with Crippen LogP contribution in [0.3, 0.4) is 0 Å². The number of nitrogens with two attached hydrogens (primary N) is 1. The van der Waals surface area contributed by atoms with Crippen LogP contribution in [0.2, 0.25) is 0 Å². The first-order valence-corrected chi connectivity index (χ1v) is 13.5. The first-order valence-electron chi connectivity index (χ1n) is 10.2. The Morgan fingerprint density at radius 3 is 2.76 bits per heavy atom. The maximum absolute atomic E-state index is 12.6. The van der Waals surface area contributed by atoms with Crippen LogP contribution in [0, 0.1) is 0 Å². The highest BCUT2D eigenvalue weighted by molar-refractivity contribution is 7.99. The zero-order valence-electron chi connectivity index (χ0n) is 18.1. The third kappa shape index (κ3) is 5.29. The number of imidazole rings is 1. The van der Waals surface area contributed by atoms with Gasteiger partial charge < -0.3 is 14.6 Å². The summed E-state index contributed by atoms with van der Waals surface area (Å²) in [6.07, 6.45) is 1.92. The third-order valence-corrected chi connectivity index (χ3v) is 7.74. The van der Waals surface area contributed by atoms with Crippen LogP contribution < -0.4 is 15.2 Å². The largest absolute Gasteiger partial charge is 0.497 e. The molecule has 0 aliphatic rings. The minimum Gasteiger partial charge on any atom is -0.497 e.